The van der Waals surface area contributed by atoms with Crippen molar-refractivity contribution in [3.8, 4) is 70.4 Å². The van der Waals surface area contributed by atoms with Gasteiger partial charge in [0.05, 0.1) is 37.6 Å². The Morgan fingerprint density at radius 3 is 0.871 bits per heavy atom. The Kier molecular flexibility index (Phi) is 32.0. The molecule has 0 aromatic heterocycles. The van der Waals surface area contributed by atoms with Gasteiger partial charge in [-0.3, -0.25) is 0 Å². The van der Waals surface area contributed by atoms with Crippen LogP contribution in [0.2, 0.25) is 0 Å². The van der Waals surface area contributed by atoms with Crippen molar-refractivity contribution in [1.82, 2.24) is 0 Å². The zero-order valence-electron chi connectivity index (χ0n) is 44.7. The number of ether oxygens (including phenoxy) is 4. The van der Waals surface area contributed by atoms with Crippen molar-refractivity contribution < 1.29 is 18.9 Å². The molecule has 0 spiro atoms. The number of fused-ring (bicyclic) bond motifs is 4. The van der Waals surface area contributed by atoms with Gasteiger partial charge in [0.2, 0.25) is 0 Å². The van der Waals surface area contributed by atoms with E-state index in [1.165, 1.54) is 167 Å². The average molecular weight is 949 g/mol. The Labute approximate surface area is 429 Å². The van der Waals surface area contributed by atoms with Gasteiger partial charge in [-0.25, -0.2) is 0 Å². The highest BCUT2D eigenvalue weighted by Crippen LogP contribution is 2.31. The SMILES string of the molecule is CCCCCCCCCCOc1ccc2c(c1)C#Cc1cc(c(OCCCCCCCCCC)cc1OCCCCCCCCCC)C#Cc1cc(OCCCCCCCCCC)ccc1C#CC#C2. The molecule has 0 saturated carbocycles. The molecule has 3 aromatic carbocycles. The zero-order valence-corrected chi connectivity index (χ0v) is 44.7. The van der Waals surface area contributed by atoms with Gasteiger partial charge in [0.25, 0.3) is 0 Å². The van der Waals surface area contributed by atoms with Crippen molar-refractivity contribution >= 4 is 0 Å². The molecule has 0 atom stereocenters. The van der Waals surface area contributed by atoms with Gasteiger partial charge >= 0.3 is 0 Å². The average Bonchev–Trinajstić information content (AvgIpc) is 3.38. The summed E-state index contributed by atoms with van der Waals surface area (Å²) in [6.07, 6.45) is 40.0. The molecule has 0 fully saturated rings. The predicted octanol–water partition coefficient (Wildman–Crippen LogP) is 18.3. The number of benzene rings is 3. The molecule has 0 aliphatic heterocycles. The molecular formula is C66H92O4. The van der Waals surface area contributed by atoms with Crippen LogP contribution in [-0.4, -0.2) is 26.4 Å². The second-order valence-corrected chi connectivity index (χ2v) is 19.6. The standard InChI is InChI=1S/C66H92O4/c1-5-9-13-17-21-25-29-35-49-67-63-47-45-57-39-33-34-40-58-46-48-64(68-50-36-30-26-22-18-14-10-6-2)55-60(58)42-44-62-53-61(43-41-59(57)54-63)65(69-51-37-31-27-23-19-15-11-7-3)56-66(62)70-52-38-32-28-24-20-16-12-8-4/h45-48,53-56H,5-32,35-38,49-52H2,1-4H3. The number of unbranched alkanes of at least 4 members (excludes halogenated alkanes) is 28. The van der Waals surface area contributed by atoms with Crippen LogP contribution in [0.5, 0.6) is 23.0 Å². The molecule has 0 radical (unpaired) electrons. The fourth-order valence-electron chi connectivity index (χ4n) is 8.80. The fourth-order valence-corrected chi connectivity index (χ4v) is 8.80. The minimum atomic E-state index is 0.622. The topological polar surface area (TPSA) is 36.9 Å². The summed E-state index contributed by atoms with van der Waals surface area (Å²) in [6.45, 7) is 11.7. The summed E-state index contributed by atoms with van der Waals surface area (Å²) in [5, 5.41) is 0. The van der Waals surface area contributed by atoms with E-state index >= 15 is 0 Å². The van der Waals surface area contributed by atoms with Gasteiger partial charge < -0.3 is 18.9 Å². The molecule has 4 rings (SSSR count). The summed E-state index contributed by atoms with van der Waals surface area (Å²) in [7, 11) is 0. The predicted molar refractivity (Wildman–Crippen MR) is 297 cm³/mol. The van der Waals surface area contributed by atoms with E-state index in [0.29, 0.717) is 26.4 Å². The lowest BCUT2D eigenvalue weighted by Crippen LogP contribution is -2.04. The molecule has 0 heterocycles. The lowest BCUT2D eigenvalue weighted by molar-refractivity contribution is 0.288. The molecule has 3 aromatic rings. The summed E-state index contributed by atoms with van der Waals surface area (Å²) >= 11 is 0. The number of hydrogen-bond acceptors (Lipinski definition) is 4. The molecule has 0 unspecified atom stereocenters. The lowest BCUT2D eigenvalue weighted by atomic mass is 10.0. The maximum Gasteiger partial charge on any atom is 0.138 e. The van der Waals surface area contributed by atoms with Gasteiger partial charge in [-0.05, 0) is 80.0 Å². The highest BCUT2D eigenvalue weighted by molar-refractivity contribution is 5.64. The van der Waals surface area contributed by atoms with Crippen LogP contribution < -0.4 is 18.9 Å². The van der Waals surface area contributed by atoms with Crippen molar-refractivity contribution in [1.29, 1.82) is 0 Å². The second-order valence-electron chi connectivity index (χ2n) is 19.6. The van der Waals surface area contributed by atoms with E-state index in [2.05, 4.69) is 81.1 Å². The van der Waals surface area contributed by atoms with Crippen molar-refractivity contribution in [2.45, 2.75) is 233 Å². The highest BCUT2D eigenvalue weighted by Gasteiger charge is 2.13. The Morgan fingerprint density at radius 1 is 0.257 bits per heavy atom. The van der Waals surface area contributed by atoms with Crippen LogP contribution in [0.15, 0.2) is 48.5 Å². The summed E-state index contributed by atoms with van der Waals surface area (Å²) in [4.78, 5) is 0. The first-order valence-corrected chi connectivity index (χ1v) is 28.7. The number of hydrogen-bond donors (Lipinski definition) is 0. The second kappa shape index (κ2) is 38.8. The zero-order chi connectivity index (χ0) is 49.4. The Morgan fingerprint density at radius 2 is 0.543 bits per heavy atom. The van der Waals surface area contributed by atoms with Crippen molar-refractivity contribution in [2.24, 2.45) is 0 Å². The molecule has 0 saturated heterocycles. The van der Waals surface area contributed by atoms with Crippen molar-refractivity contribution in [3.05, 3.63) is 81.9 Å². The molecule has 0 N–H and O–H groups in total. The van der Waals surface area contributed by atoms with Gasteiger partial charge in [-0.2, -0.15) is 0 Å². The molecule has 70 heavy (non-hydrogen) atoms. The summed E-state index contributed by atoms with van der Waals surface area (Å²) in [5.41, 5.74) is 4.77. The Balaban J connectivity index is 1.64. The van der Waals surface area contributed by atoms with E-state index in [9.17, 15) is 0 Å². The van der Waals surface area contributed by atoms with Crippen LogP contribution in [-0.2, 0) is 0 Å². The molecular weight excluding hydrogens is 857 g/mol. The highest BCUT2D eigenvalue weighted by atomic mass is 16.5. The quantitative estimate of drug-likeness (QED) is 0.0420. The molecule has 4 nitrogen and oxygen atoms in total. The van der Waals surface area contributed by atoms with E-state index in [4.69, 9.17) is 18.9 Å². The van der Waals surface area contributed by atoms with E-state index < -0.39 is 0 Å². The van der Waals surface area contributed by atoms with Gasteiger partial charge in [-0.15, -0.1) is 0 Å². The van der Waals surface area contributed by atoms with Gasteiger partial charge in [-0.1, -0.05) is 243 Å². The maximum atomic E-state index is 6.64. The van der Waals surface area contributed by atoms with Crippen LogP contribution in [0, 0.1) is 47.4 Å². The van der Waals surface area contributed by atoms with Gasteiger partial charge in [0, 0.05) is 28.3 Å². The Hall–Kier alpha value is -4.90. The van der Waals surface area contributed by atoms with Crippen LogP contribution in [0.1, 0.15) is 267 Å². The van der Waals surface area contributed by atoms with Crippen LogP contribution in [0.25, 0.3) is 0 Å². The normalized spacial score (nSPS) is 11.2. The smallest absolute Gasteiger partial charge is 0.138 e. The molecule has 380 valence electrons. The minimum Gasteiger partial charge on any atom is -0.494 e. The minimum absolute atomic E-state index is 0.622. The van der Waals surface area contributed by atoms with Gasteiger partial charge in [0.15, 0.2) is 0 Å². The third-order valence-electron chi connectivity index (χ3n) is 13.2. The van der Waals surface area contributed by atoms with Crippen LogP contribution in [0.3, 0.4) is 0 Å². The molecule has 1 aliphatic carbocycles. The van der Waals surface area contributed by atoms with E-state index in [1.54, 1.807) is 0 Å². The van der Waals surface area contributed by atoms with Crippen LogP contribution >= 0.6 is 0 Å². The van der Waals surface area contributed by atoms with Gasteiger partial charge in [0.1, 0.15) is 23.0 Å². The van der Waals surface area contributed by atoms with Crippen molar-refractivity contribution in [2.75, 3.05) is 26.4 Å². The summed E-state index contributed by atoms with van der Waals surface area (Å²) < 4.78 is 25.9. The van der Waals surface area contributed by atoms with Crippen molar-refractivity contribution in [3.63, 3.8) is 0 Å². The van der Waals surface area contributed by atoms with Crippen LogP contribution in [0.4, 0.5) is 0 Å². The van der Waals surface area contributed by atoms with E-state index in [0.717, 1.165) is 94.9 Å². The summed E-state index contributed by atoms with van der Waals surface area (Å²) in [6, 6.07) is 16.2. The Bertz CT molecular complexity index is 1990. The van der Waals surface area contributed by atoms with E-state index in [1.807, 2.05) is 42.5 Å². The third kappa shape index (κ3) is 25.3. The molecule has 1 aliphatic rings. The monoisotopic (exact) mass is 949 g/mol. The lowest BCUT2D eigenvalue weighted by Gasteiger charge is -2.14. The number of rotatable bonds is 40. The third-order valence-corrected chi connectivity index (χ3v) is 13.2. The molecule has 2 bridgehead atoms. The summed E-state index contributed by atoms with van der Waals surface area (Å²) in [5.74, 6) is 30.0. The molecule has 0 amide bonds. The first-order valence-electron chi connectivity index (χ1n) is 28.7. The molecule has 4 heteroatoms. The first kappa shape index (κ1) is 57.7. The largest absolute Gasteiger partial charge is 0.494 e. The first-order chi connectivity index (χ1) is 34.6. The van der Waals surface area contributed by atoms with E-state index in [-0.39, 0.29) is 0 Å². The maximum absolute atomic E-state index is 6.64. The fraction of sp³-hybridized carbons (Fsp3) is 0.606.